The Morgan fingerprint density at radius 2 is 1.80 bits per heavy atom. The minimum Gasteiger partial charge on any atom is -0.484 e. The summed E-state index contributed by atoms with van der Waals surface area (Å²) >= 11 is 0. The van der Waals surface area contributed by atoms with Crippen molar-refractivity contribution in [2.45, 2.75) is 0 Å². The SMILES string of the molecule is O=C(COc1ccccc1)Nc1cccc(C#Cc2ccccn2)c1. The third-order valence-corrected chi connectivity index (χ3v) is 3.26. The summed E-state index contributed by atoms with van der Waals surface area (Å²) in [5.74, 6) is 6.46. The molecule has 1 heterocycles. The first-order chi connectivity index (χ1) is 12.3. The van der Waals surface area contributed by atoms with Crippen molar-refractivity contribution in [1.82, 2.24) is 4.98 Å². The van der Waals surface area contributed by atoms with E-state index >= 15 is 0 Å². The molecule has 0 bridgehead atoms. The van der Waals surface area contributed by atoms with Crippen molar-refractivity contribution in [3.8, 4) is 17.6 Å². The fourth-order valence-corrected chi connectivity index (χ4v) is 2.11. The Balaban J connectivity index is 1.60. The van der Waals surface area contributed by atoms with Gasteiger partial charge in [-0.25, -0.2) is 4.98 Å². The first kappa shape index (κ1) is 16.3. The maximum absolute atomic E-state index is 12.0. The quantitative estimate of drug-likeness (QED) is 0.746. The summed E-state index contributed by atoms with van der Waals surface area (Å²) < 4.78 is 5.43. The number of carbonyl (C=O) groups excluding carboxylic acids is 1. The molecule has 3 aromatic rings. The van der Waals surface area contributed by atoms with Crippen molar-refractivity contribution in [2.24, 2.45) is 0 Å². The number of anilines is 1. The standard InChI is InChI=1S/C21H16N2O2/c24-21(16-25-20-10-2-1-3-11-20)23-19-9-6-7-17(15-19)12-13-18-8-4-5-14-22-18/h1-11,14-15H,16H2,(H,23,24). The van der Waals surface area contributed by atoms with E-state index in [4.69, 9.17) is 4.74 Å². The van der Waals surface area contributed by atoms with Gasteiger partial charge < -0.3 is 10.1 Å². The minimum absolute atomic E-state index is 0.0478. The zero-order valence-corrected chi connectivity index (χ0v) is 13.5. The lowest BCUT2D eigenvalue weighted by Crippen LogP contribution is -2.20. The summed E-state index contributed by atoms with van der Waals surface area (Å²) in [4.78, 5) is 16.2. The number of ether oxygens (including phenoxy) is 1. The number of hydrogen-bond acceptors (Lipinski definition) is 3. The maximum Gasteiger partial charge on any atom is 0.262 e. The largest absolute Gasteiger partial charge is 0.484 e. The van der Waals surface area contributed by atoms with Gasteiger partial charge in [-0.15, -0.1) is 0 Å². The molecule has 0 saturated carbocycles. The van der Waals surface area contributed by atoms with E-state index < -0.39 is 0 Å². The zero-order valence-electron chi connectivity index (χ0n) is 13.5. The molecule has 1 N–H and O–H groups in total. The lowest BCUT2D eigenvalue weighted by Gasteiger charge is -2.07. The molecule has 0 spiro atoms. The van der Waals surface area contributed by atoms with Crippen LogP contribution >= 0.6 is 0 Å². The van der Waals surface area contributed by atoms with Gasteiger partial charge in [0.15, 0.2) is 6.61 Å². The molecular weight excluding hydrogens is 312 g/mol. The monoisotopic (exact) mass is 328 g/mol. The number of aromatic nitrogens is 1. The molecule has 0 unspecified atom stereocenters. The summed E-state index contributed by atoms with van der Waals surface area (Å²) in [5.41, 5.74) is 2.18. The molecule has 4 heteroatoms. The predicted molar refractivity (Wildman–Crippen MR) is 97.2 cm³/mol. The van der Waals surface area contributed by atoms with Gasteiger partial charge in [-0.1, -0.05) is 36.3 Å². The van der Waals surface area contributed by atoms with E-state index in [0.717, 1.165) is 5.56 Å². The van der Waals surface area contributed by atoms with Crippen LogP contribution in [0.1, 0.15) is 11.3 Å². The molecule has 1 aromatic heterocycles. The van der Waals surface area contributed by atoms with Crippen LogP contribution in [0.5, 0.6) is 5.75 Å². The molecule has 1 amide bonds. The highest BCUT2D eigenvalue weighted by Crippen LogP contribution is 2.11. The number of carbonyl (C=O) groups is 1. The molecule has 0 aliphatic carbocycles. The zero-order chi connectivity index (χ0) is 17.3. The molecule has 0 fully saturated rings. The van der Waals surface area contributed by atoms with Gasteiger partial charge in [0.05, 0.1) is 0 Å². The van der Waals surface area contributed by atoms with Gasteiger partial charge in [0.1, 0.15) is 11.4 Å². The van der Waals surface area contributed by atoms with E-state index in [1.165, 1.54) is 0 Å². The van der Waals surface area contributed by atoms with Crippen LogP contribution in [0.2, 0.25) is 0 Å². The van der Waals surface area contributed by atoms with Crippen LogP contribution in [0, 0.1) is 11.8 Å². The average Bonchev–Trinajstić information content (AvgIpc) is 2.67. The van der Waals surface area contributed by atoms with Crippen LogP contribution < -0.4 is 10.1 Å². The normalized spacial score (nSPS) is 9.60. The Morgan fingerprint density at radius 1 is 0.960 bits per heavy atom. The molecule has 0 atom stereocenters. The molecule has 0 aliphatic rings. The number of hydrogen-bond donors (Lipinski definition) is 1. The van der Waals surface area contributed by atoms with Gasteiger partial charge in [-0.3, -0.25) is 4.79 Å². The number of rotatable bonds is 4. The number of nitrogens with one attached hydrogen (secondary N) is 1. The third kappa shape index (κ3) is 5.22. The molecular formula is C21H16N2O2. The van der Waals surface area contributed by atoms with Crippen molar-refractivity contribution in [2.75, 3.05) is 11.9 Å². The lowest BCUT2D eigenvalue weighted by molar-refractivity contribution is -0.118. The van der Waals surface area contributed by atoms with Gasteiger partial charge in [0.25, 0.3) is 5.91 Å². The molecule has 0 saturated heterocycles. The number of pyridine rings is 1. The van der Waals surface area contributed by atoms with E-state index in [9.17, 15) is 4.79 Å². The van der Waals surface area contributed by atoms with Gasteiger partial charge >= 0.3 is 0 Å². The third-order valence-electron chi connectivity index (χ3n) is 3.26. The second-order valence-corrected chi connectivity index (χ2v) is 5.20. The van der Waals surface area contributed by atoms with Crippen LogP contribution in [0.15, 0.2) is 79.0 Å². The maximum atomic E-state index is 12.0. The summed E-state index contributed by atoms with van der Waals surface area (Å²) in [6.07, 6.45) is 1.70. The smallest absolute Gasteiger partial charge is 0.262 e. The Kier molecular flexibility index (Phi) is 5.42. The van der Waals surface area contributed by atoms with Crippen molar-refractivity contribution < 1.29 is 9.53 Å². The lowest BCUT2D eigenvalue weighted by atomic mass is 10.2. The second-order valence-electron chi connectivity index (χ2n) is 5.20. The molecule has 0 radical (unpaired) electrons. The molecule has 4 nitrogen and oxygen atoms in total. The fraction of sp³-hybridized carbons (Fsp3) is 0.0476. The first-order valence-corrected chi connectivity index (χ1v) is 7.80. The highest BCUT2D eigenvalue weighted by atomic mass is 16.5. The molecule has 2 aromatic carbocycles. The van der Waals surface area contributed by atoms with Crippen LogP contribution in [-0.4, -0.2) is 17.5 Å². The summed E-state index contributed by atoms with van der Waals surface area (Å²) in [6, 6.07) is 22.2. The highest BCUT2D eigenvalue weighted by molar-refractivity contribution is 5.92. The van der Waals surface area contributed by atoms with Crippen LogP contribution in [0.4, 0.5) is 5.69 Å². The molecule has 0 aliphatic heterocycles. The second kappa shape index (κ2) is 8.32. The van der Waals surface area contributed by atoms with Gasteiger partial charge in [0.2, 0.25) is 0 Å². The van der Waals surface area contributed by atoms with E-state index in [-0.39, 0.29) is 12.5 Å². The summed E-state index contributed by atoms with van der Waals surface area (Å²) in [6.45, 7) is -0.0478. The first-order valence-electron chi connectivity index (χ1n) is 7.80. The van der Waals surface area contributed by atoms with Crippen molar-refractivity contribution in [3.05, 3.63) is 90.3 Å². The van der Waals surface area contributed by atoms with Gasteiger partial charge in [-0.2, -0.15) is 0 Å². The summed E-state index contributed by atoms with van der Waals surface area (Å²) in [5, 5.41) is 2.80. The predicted octanol–water partition coefficient (Wildman–Crippen LogP) is 3.50. The van der Waals surface area contributed by atoms with E-state index in [0.29, 0.717) is 17.1 Å². The Morgan fingerprint density at radius 3 is 2.60 bits per heavy atom. The number of benzene rings is 2. The van der Waals surface area contributed by atoms with Crippen molar-refractivity contribution in [3.63, 3.8) is 0 Å². The highest BCUT2D eigenvalue weighted by Gasteiger charge is 2.04. The van der Waals surface area contributed by atoms with Gasteiger partial charge in [0, 0.05) is 17.4 Å². The Bertz CT molecular complexity index is 897. The van der Waals surface area contributed by atoms with Crippen LogP contribution in [-0.2, 0) is 4.79 Å². The Labute approximate surface area is 146 Å². The van der Waals surface area contributed by atoms with Crippen molar-refractivity contribution in [1.29, 1.82) is 0 Å². The van der Waals surface area contributed by atoms with Crippen LogP contribution in [0.3, 0.4) is 0 Å². The van der Waals surface area contributed by atoms with E-state index in [2.05, 4.69) is 22.1 Å². The molecule has 122 valence electrons. The minimum atomic E-state index is -0.223. The number of amides is 1. The topological polar surface area (TPSA) is 51.2 Å². The van der Waals surface area contributed by atoms with Crippen molar-refractivity contribution >= 4 is 11.6 Å². The molecule has 3 rings (SSSR count). The van der Waals surface area contributed by atoms with E-state index in [1.807, 2.05) is 60.7 Å². The number of nitrogens with zero attached hydrogens (tertiary/aromatic N) is 1. The average molecular weight is 328 g/mol. The summed E-state index contributed by atoms with van der Waals surface area (Å²) in [7, 11) is 0. The number of para-hydroxylation sites is 1. The van der Waals surface area contributed by atoms with Gasteiger partial charge in [-0.05, 0) is 48.4 Å². The Hall–Kier alpha value is -3.58. The van der Waals surface area contributed by atoms with E-state index in [1.54, 1.807) is 18.3 Å². The fourth-order valence-electron chi connectivity index (χ4n) is 2.11. The molecule has 25 heavy (non-hydrogen) atoms. The van der Waals surface area contributed by atoms with Crippen LogP contribution in [0.25, 0.3) is 0 Å².